The van der Waals surface area contributed by atoms with Crippen LogP contribution < -0.4 is 21.3 Å². The van der Waals surface area contributed by atoms with Crippen LogP contribution in [0.15, 0.2) is 0 Å². The molecule has 6 fully saturated rings. The minimum absolute atomic E-state index is 0.716. The fraction of sp³-hybridized carbons (Fsp3) is 0.909. The van der Waals surface area contributed by atoms with Crippen LogP contribution in [0, 0.1) is 0 Å². The van der Waals surface area contributed by atoms with Crippen molar-refractivity contribution in [1.29, 1.82) is 0 Å². The zero-order valence-electron chi connectivity index (χ0n) is 42.8. The zero-order chi connectivity index (χ0) is 58.5. The molecule has 35 nitrogen and oxygen atoms in total. The highest BCUT2D eigenvalue weighted by Crippen LogP contribution is 2.37. The number of nitrogens with one attached hydrogen (secondary N) is 4. The minimum Gasteiger partial charge on any atom is -0.394 e. The first-order chi connectivity index (χ1) is 37.3. The summed E-state index contributed by atoms with van der Waals surface area (Å²) in [5.41, 5.74) is 0. The van der Waals surface area contributed by atoms with Crippen molar-refractivity contribution in [3.8, 4) is 0 Å². The molecule has 0 bridgehead atoms. The molecule has 6 aliphatic heterocycles. The predicted octanol–water partition coefficient (Wildman–Crippen LogP) is -13.5. The Labute approximate surface area is 448 Å². The van der Waals surface area contributed by atoms with E-state index in [1.165, 1.54) is 0 Å². The molecule has 6 heterocycles. The first-order valence-corrected chi connectivity index (χ1v) is 25.1. The number of amides is 4. The summed E-state index contributed by atoms with van der Waals surface area (Å²) >= 11 is 0. The van der Waals surface area contributed by atoms with E-state index >= 15 is 0 Å². The quantitative estimate of drug-likeness (QED) is 0.0538. The molecule has 0 aliphatic carbocycles. The average molecular weight is 1160 g/mol. The van der Waals surface area contributed by atoms with Gasteiger partial charge in [-0.1, -0.05) is 0 Å². The van der Waals surface area contributed by atoms with E-state index in [1.807, 2.05) is 0 Å². The van der Waals surface area contributed by atoms with Gasteiger partial charge in [0.25, 0.3) is 0 Å². The van der Waals surface area contributed by atoms with Crippen LogP contribution in [0.1, 0.15) is 27.7 Å². The third-order valence-corrected chi connectivity index (χ3v) is 14.0. The lowest BCUT2D eigenvalue weighted by atomic mass is 9.94. The third-order valence-electron chi connectivity index (χ3n) is 14.0. The highest BCUT2D eigenvalue weighted by molar-refractivity contribution is 5.74. The normalized spacial score (nSPS) is 46.7. The molecule has 35 heteroatoms. The summed E-state index contributed by atoms with van der Waals surface area (Å²) < 4.78 is 64.1. The van der Waals surface area contributed by atoms with Gasteiger partial charge in [0.15, 0.2) is 37.7 Å². The average Bonchev–Trinajstić information content (AvgIpc) is 3.45. The first-order valence-electron chi connectivity index (χ1n) is 25.1. The molecule has 456 valence electrons. The molecule has 1 unspecified atom stereocenters. The number of carbonyl (C=O) groups excluding carboxylic acids is 4. The maximum Gasteiger partial charge on any atom is 0.217 e. The summed E-state index contributed by atoms with van der Waals surface area (Å²) in [5.74, 6) is -3.09. The van der Waals surface area contributed by atoms with Crippen LogP contribution in [0.2, 0.25) is 0 Å². The Morgan fingerprint density at radius 2 is 0.671 bits per heavy atom. The number of carbonyl (C=O) groups is 4. The van der Waals surface area contributed by atoms with Crippen LogP contribution in [0.5, 0.6) is 0 Å². The second kappa shape index (κ2) is 28.4. The third kappa shape index (κ3) is 14.8. The van der Waals surface area contributed by atoms with E-state index in [9.17, 15) is 101 Å². The van der Waals surface area contributed by atoms with Gasteiger partial charge in [0.2, 0.25) is 23.6 Å². The van der Waals surface area contributed by atoms with Crippen LogP contribution in [-0.2, 0) is 71.3 Å². The molecule has 6 aliphatic rings. The molecule has 0 aromatic rings. The number of hydrogen-bond donors (Lipinski definition) is 20. The Morgan fingerprint density at radius 1 is 0.329 bits per heavy atom. The van der Waals surface area contributed by atoms with Crippen molar-refractivity contribution in [2.24, 2.45) is 0 Å². The van der Waals surface area contributed by atoms with Crippen molar-refractivity contribution in [2.45, 2.75) is 212 Å². The molecule has 0 radical (unpaired) electrons. The van der Waals surface area contributed by atoms with Crippen molar-refractivity contribution in [2.75, 3.05) is 39.6 Å². The fourth-order valence-corrected chi connectivity index (χ4v) is 10.0. The van der Waals surface area contributed by atoms with E-state index in [4.69, 9.17) is 52.1 Å². The molecule has 0 spiro atoms. The molecule has 0 aromatic heterocycles. The topological polar surface area (TPSA) is 542 Å². The standard InChI is InChI=1S/C44H74N4O31/c1-11(54)45-21-31(64)35(18(8-52)70-39(21)68)76-42-24(48-14(4)57)32(65)36(19(9-53)74-42)77-43-34(67)37(28(61)17(7-51)73-43)78-44-38(79-41-23(47-13(3)56)30(63)26(59)16(6-50)72-41)33(66)27(60)20(75-44)10-69-40-22(46-12(2)55)29(62)25(58)15(5-49)71-40/h15-44,49-53,58-68H,5-10H2,1-4H3,(H,45,54)(H,46,55)(H,47,56)(H,48,57)/t15-,16-,17-,18-,19-,20-,21-,22-,23-,24-,25-,26-,27-,28-,29-,30-,31-,32-,33+,34+,35-,36-,37+,38+,39?,40-,41+,42+,43+,44-/m1/s1. The summed E-state index contributed by atoms with van der Waals surface area (Å²) in [4.78, 5) is 48.9. The first kappa shape index (κ1) is 65.0. The van der Waals surface area contributed by atoms with Gasteiger partial charge in [-0.05, 0) is 0 Å². The Balaban J connectivity index is 1.30. The SMILES string of the molecule is CC(=O)N[C@H]1[C@H](O[C@H]2[C@H](O)[C@@H](NC(C)=O)C(O)O[C@@H]2CO)O[C@H](CO)[C@@H](O[C@@H]2O[C@H](CO)[C@@H](O)[C@H](O[C@H]3O[C@H](CO[C@@H]4O[C@H](CO)[C@@H](O)[C@H](O)[C@H]4NC(C)=O)[C@@H](O)[C@H](O)[C@@H]3O[C@@H]3O[C@H](CO)[C@@H](O)[C@H](O)[C@H]3NC(C)=O)[C@@H]2O)[C@@H]1O. The molecular formula is C44H74N4O31. The number of rotatable bonds is 20. The van der Waals surface area contributed by atoms with Gasteiger partial charge in [-0.2, -0.15) is 0 Å². The van der Waals surface area contributed by atoms with Crippen molar-refractivity contribution in [3.63, 3.8) is 0 Å². The smallest absolute Gasteiger partial charge is 0.217 e. The number of ether oxygens (including phenoxy) is 11. The highest BCUT2D eigenvalue weighted by Gasteiger charge is 2.58. The molecular weight excluding hydrogens is 1080 g/mol. The molecule has 20 N–H and O–H groups in total. The second-order valence-corrected chi connectivity index (χ2v) is 19.7. The van der Waals surface area contributed by atoms with Crippen molar-refractivity contribution < 1.29 is 153 Å². The minimum atomic E-state index is -2.32. The largest absolute Gasteiger partial charge is 0.394 e. The Bertz CT molecular complexity index is 1990. The summed E-state index contributed by atoms with van der Waals surface area (Å²) in [6, 6.07) is -6.51. The van der Waals surface area contributed by atoms with E-state index in [1.54, 1.807) is 0 Å². The maximum atomic E-state index is 12.6. The van der Waals surface area contributed by atoms with Gasteiger partial charge < -0.3 is 155 Å². The highest BCUT2D eigenvalue weighted by atomic mass is 16.8. The van der Waals surface area contributed by atoms with Crippen molar-refractivity contribution in [1.82, 2.24) is 21.3 Å². The molecule has 79 heavy (non-hydrogen) atoms. The summed E-state index contributed by atoms with van der Waals surface area (Å²) in [5, 5.41) is 184. The number of hydrogen-bond acceptors (Lipinski definition) is 31. The van der Waals surface area contributed by atoms with Gasteiger partial charge in [0.05, 0.1) is 39.6 Å². The fourth-order valence-electron chi connectivity index (χ4n) is 10.0. The van der Waals surface area contributed by atoms with E-state index in [2.05, 4.69) is 21.3 Å². The van der Waals surface area contributed by atoms with Gasteiger partial charge in [-0.3, -0.25) is 19.2 Å². The maximum absolute atomic E-state index is 12.6. The van der Waals surface area contributed by atoms with Gasteiger partial charge in [0.1, 0.15) is 146 Å². The van der Waals surface area contributed by atoms with Gasteiger partial charge >= 0.3 is 0 Å². The Morgan fingerprint density at radius 3 is 1.16 bits per heavy atom. The van der Waals surface area contributed by atoms with Gasteiger partial charge in [-0.25, -0.2) is 0 Å². The lowest BCUT2D eigenvalue weighted by molar-refractivity contribution is -0.393. The van der Waals surface area contributed by atoms with Gasteiger partial charge in [0, 0.05) is 27.7 Å². The number of aliphatic hydroxyl groups excluding tert-OH is 16. The molecule has 6 rings (SSSR count). The lowest BCUT2D eigenvalue weighted by Gasteiger charge is -2.50. The van der Waals surface area contributed by atoms with E-state index in [0.717, 1.165) is 27.7 Å². The van der Waals surface area contributed by atoms with Crippen LogP contribution >= 0.6 is 0 Å². The lowest BCUT2D eigenvalue weighted by Crippen LogP contribution is -2.70. The van der Waals surface area contributed by atoms with E-state index in [-0.39, 0.29) is 0 Å². The zero-order valence-corrected chi connectivity index (χ0v) is 42.8. The molecule has 30 atom stereocenters. The second-order valence-electron chi connectivity index (χ2n) is 19.7. The molecule has 0 aromatic carbocycles. The predicted molar refractivity (Wildman–Crippen MR) is 246 cm³/mol. The van der Waals surface area contributed by atoms with E-state index in [0.29, 0.717) is 0 Å². The molecule has 4 amide bonds. The van der Waals surface area contributed by atoms with Gasteiger partial charge in [-0.15, -0.1) is 0 Å². The Hall–Kier alpha value is -3.20. The van der Waals surface area contributed by atoms with Crippen LogP contribution in [0.25, 0.3) is 0 Å². The van der Waals surface area contributed by atoms with Crippen molar-refractivity contribution in [3.05, 3.63) is 0 Å². The monoisotopic (exact) mass is 1150 g/mol. The summed E-state index contributed by atoms with van der Waals surface area (Å²) in [6.45, 7) is -1.55. The van der Waals surface area contributed by atoms with Crippen LogP contribution in [0.3, 0.4) is 0 Å². The summed E-state index contributed by atoms with van der Waals surface area (Å²) in [6.07, 6.45) is -49.7. The molecule has 6 saturated heterocycles. The van der Waals surface area contributed by atoms with E-state index < -0.39 is 247 Å². The van der Waals surface area contributed by atoms with Crippen LogP contribution in [-0.4, -0.2) is 329 Å². The molecule has 0 saturated carbocycles. The summed E-state index contributed by atoms with van der Waals surface area (Å²) in [7, 11) is 0. The Kier molecular flexibility index (Phi) is 23.3. The van der Waals surface area contributed by atoms with Crippen molar-refractivity contribution >= 4 is 23.6 Å². The van der Waals surface area contributed by atoms with Crippen LogP contribution in [0.4, 0.5) is 0 Å². The number of aliphatic hydroxyl groups is 16.